The summed E-state index contributed by atoms with van der Waals surface area (Å²) in [6.45, 7) is 26.0. The van der Waals surface area contributed by atoms with Gasteiger partial charge in [-0.25, -0.2) is 9.59 Å². The normalized spacial score (nSPS) is 12.5. The Kier molecular flexibility index (Phi) is 21.7. The predicted octanol–water partition coefficient (Wildman–Crippen LogP) is 6.42. The molecule has 0 radical (unpaired) electrons. The molecule has 0 heterocycles. The van der Waals surface area contributed by atoms with Crippen molar-refractivity contribution in [1.29, 1.82) is 0 Å². The van der Waals surface area contributed by atoms with E-state index in [1.54, 1.807) is 96.9 Å². The number of ether oxygens (including phenoxy) is 6. The van der Waals surface area contributed by atoms with E-state index in [2.05, 4.69) is 13.2 Å². The molecule has 0 aromatic rings. The highest BCUT2D eigenvalue weighted by Crippen LogP contribution is 2.45. The molecule has 0 aliphatic carbocycles. The third-order valence-corrected chi connectivity index (χ3v) is 9.93. The topological polar surface area (TPSA) is 226 Å². The number of hydrogen-bond acceptors (Lipinski definition) is 16. The van der Waals surface area contributed by atoms with E-state index < -0.39 is 162 Å². The lowest BCUT2D eigenvalue weighted by atomic mass is 9.61. The van der Waals surface area contributed by atoms with Crippen LogP contribution in [-0.4, -0.2) is 98.6 Å². The number of carbonyl (C=O) groups is 10. The van der Waals surface area contributed by atoms with Crippen molar-refractivity contribution in [2.75, 3.05) is 39.6 Å². The third kappa shape index (κ3) is 17.6. The molecule has 16 nitrogen and oxygen atoms in total. The Morgan fingerprint density at radius 2 is 0.651 bits per heavy atom. The fourth-order valence-corrected chi connectivity index (χ4v) is 7.01. The van der Waals surface area contributed by atoms with E-state index in [1.807, 2.05) is 0 Å². The Labute approximate surface area is 372 Å². The number of rotatable bonds is 26. The zero-order chi connectivity index (χ0) is 49.4. The lowest BCUT2D eigenvalue weighted by Crippen LogP contribution is -2.51. The van der Waals surface area contributed by atoms with Crippen molar-refractivity contribution in [2.45, 2.75) is 135 Å². The van der Waals surface area contributed by atoms with Gasteiger partial charge in [0.1, 0.15) is 31.8 Å². The first-order chi connectivity index (χ1) is 28.6. The second-order valence-electron chi connectivity index (χ2n) is 19.9. The minimum atomic E-state index is -2.00. The molecule has 0 fully saturated rings. The maximum Gasteiger partial charge on any atom is 0.330 e. The number of esters is 6. The van der Waals surface area contributed by atoms with Gasteiger partial charge < -0.3 is 28.4 Å². The van der Waals surface area contributed by atoms with Gasteiger partial charge in [0, 0.05) is 46.7 Å². The molecule has 0 unspecified atom stereocenters. The Hall–Kier alpha value is -5.02. The fourth-order valence-electron chi connectivity index (χ4n) is 7.01. The summed E-state index contributed by atoms with van der Waals surface area (Å²) in [6.07, 6.45) is -1.68. The van der Waals surface area contributed by atoms with Crippen LogP contribution in [0.15, 0.2) is 25.3 Å². The van der Waals surface area contributed by atoms with E-state index in [0.29, 0.717) is 0 Å². The Balaban J connectivity index is 7.09. The van der Waals surface area contributed by atoms with Gasteiger partial charge in [0.2, 0.25) is 0 Å². The van der Waals surface area contributed by atoms with Crippen molar-refractivity contribution in [3.05, 3.63) is 25.3 Å². The summed E-state index contributed by atoms with van der Waals surface area (Å²) >= 11 is 0. The molecule has 0 aliphatic rings. The van der Waals surface area contributed by atoms with Crippen LogP contribution in [0.1, 0.15) is 135 Å². The van der Waals surface area contributed by atoms with Gasteiger partial charge in [0.25, 0.3) is 0 Å². The molecule has 356 valence electrons. The van der Waals surface area contributed by atoms with Gasteiger partial charge >= 0.3 is 35.8 Å². The Morgan fingerprint density at radius 3 is 0.873 bits per heavy atom. The fraction of sp³-hybridized carbons (Fsp3) is 0.702. The molecule has 0 atom stereocenters. The van der Waals surface area contributed by atoms with Gasteiger partial charge in [0.15, 0.2) is 23.1 Å². The average molecular weight is 893 g/mol. The summed E-state index contributed by atoms with van der Waals surface area (Å²) in [7, 11) is 0. The Morgan fingerprint density at radius 1 is 0.397 bits per heavy atom. The Bertz CT molecular complexity index is 1540. The summed E-state index contributed by atoms with van der Waals surface area (Å²) in [5.41, 5.74) is -10.4. The number of Topliss-reactive ketones (excluding diaryl/α,β-unsaturated/α-hetero) is 4. The average Bonchev–Trinajstić information content (AvgIpc) is 3.17. The highest BCUT2D eigenvalue weighted by atomic mass is 16.6. The highest BCUT2D eigenvalue weighted by molar-refractivity contribution is 6.13. The van der Waals surface area contributed by atoms with Crippen molar-refractivity contribution in [2.24, 2.45) is 37.9 Å². The van der Waals surface area contributed by atoms with Gasteiger partial charge in [-0.3, -0.25) is 38.4 Å². The molecule has 0 amide bonds. The van der Waals surface area contributed by atoms with E-state index >= 15 is 0 Å². The first-order valence-corrected chi connectivity index (χ1v) is 21.0. The number of hydrogen-bond donors (Lipinski definition) is 0. The van der Waals surface area contributed by atoms with Gasteiger partial charge in [0.05, 0.1) is 36.9 Å². The van der Waals surface area contributed by atoms with Crippen LogP contribution in [0, 0.1) is 37.9 Å². The van der Waals surface area contributed by atoms with E-state index in [-0.39, 0.29) is 13.2 Å². The van der Waals surface area contributed by atoms with E-state index in [4.69, 9.17) is 28.4 Å². The van der Waals surface area contributed by atoms with Crippen molar-refractivity contribution >= 4 is 58.9 Å². The van der Waals surface area contributed by atoms with Crippen molar-refractivity contribution in [3.63, 3.8) is 0 Å². The molecule has 0 saturated carbocycles. The molecule has 0 aromatic carbocycles. The predicted molar refractivity (Wildman–Crippen MR) is 230 cm³/mol. The summed E-state index contributed by atoms with van der Waals surface area (Å²) in [5, 5.41) is 0. The third-order valence-electron chi connectivity index (χ3n) is 9.93. The second kappa shape index (κ2) is 23.6. The zero-order valence-corrected chi connectivity index (χ0v) is 40.1. The molecule has 0 spiro atoms. The van der Waals surface area contributed by atoms with Crippen LogP contribution >= 0.6 is 0 Å². The van der Waals surface area contributed by atoms with Crippen LogP contribution < -0.4 is 0 Å². The second-order valence-corrected chi connectivity index (χ2v) is 19.9. The van der Waals surface area contributed by atoms with E-state index in [1.165, 1.54) is 0 Å². The van der Waals surface area contributed by atoms with E-state index in [9.17, 15) is 47.9 Å². The molecule has 0 bridgehead atoms. The van der Waals surface area contributed by atoms with Crippen LogP contribution in [0.25, 0.3) is 0 Å². The van der Waals surface area contributed by atoms with Crippen molar-refractivity contribution < 1.29 is 76.4 Å². The lowest BCUT2D eigenvalue weighted by Gasteiger charge is -2.39. The maximum atomic E-state index is 14.1. The molecule has 0 saturated heterocycles. The largest absolute Gasteiger partial charge is 0.466 e. The van der Waals surface area contributed by atoms with Crippen LogP contribution in [0.2, 0.25) is 0 Å². The molecular weight excluding hydrogens is 821 g/mol. The van der Waals surface area contributed by atoms with E-state index in [0.717, 1.165) is 12.2 Å². The van der Waals surface area contributed by atoms with Crippen LogP contribution in [0.5, 0.6) is 0 Å². The summed E-state index contributed by atoms with van der Waals surface area (Å²) < 4.78 is 32.1. The highest BCUT2D eigenvalue weighted by Gasteiger charge is 2.55. The first kappa shape index (κ1) is 58.0. The quantitative estimate of drug-likeness (QED) is 0.0395. The van der Waals surface area contributed by atoms with Gasteiger partial charge in [-0.15, -0.1) is 0 Å². The molecule has 0 rings (SSSR count). The smallest absolute Gasteiger partial charge is 0.330 e. The van der Waals surface area contributed by atoms with Gasteiger partial charge in [-0.2, -0.15) is 0 Å². The molecule has 0 aromatic heterocycles. The van der Waals surface area contributed by atoms with Crippen LogP contribution in [0.4, 0.5) is 0 Å². The monoisotopic (exact) mass is 892 g/mol. The zero-order valence-electron chi connectivity index (χ0n) is 40.1. The summed E-state index contributed by atoms with van der Waals surface area (Å²) in [6, 6.07) is 0. The molecular formula is C47H72O16. The van der Waals surface area contributed by atoms with Crippen LogP contribution in [0.3, 0.4) is 0 Å². The molecule has 0 aliphatic heterocycles. The molecule has 0 N–H and O–H groups in total. The molecule has 63 heavy (non-hydrogen) atoms. The SMILES string of the molecule is C=CC(=O)OCC(COC(=O)C=C)(COC(=O)CCC(CC(=O)OCC)(C(=O)C(C)(C)C)C(=O)C(C)(C)C)COC(=O)CCC(CC(=O)OCC)(C(=O)C(C)(C)C)C(=O)C(C)(C)C. The summed E-state index contributed by atoms with van der Waals surface area (Å²) in [4.78, 5) is 134. The lowest BCUT2D eigenvalue weighted by molar-refractivity contribution is -0.169. The van der Waals surface area contributed by atoms with Crippen LogP contribution in [-0.2, 0) is 76.4 Å². The van der Waals surface area contributed by atoms with Gasteiger partial charge in [-0.05, 0) is 26.7 Å². The first-order valence-electron chi connectivity index (χ1n) is 21.0. The minimum Gasteiger partial charge on any atom is -0.466 e. The maximum absolute atomic E-state index is 14.1. The number of ketones is 4. The standard InChI is InChI=1S/C47H72O16/c1-17-31(48)60-27-45(28-61-32(49)18-2,29-62-33(50)21-23-46(25-35(52)58-19-3,37(54)41(5,6)7)38(55)42(8,9)10)30-63-34(51)22-24-47(26-36(53)59-20-4,39(56)43(11,12)13)40(57)44(14,15)16/h17-18H,1-2,19-30H2,3-16H3. The van der Waals surface area contributed by atoms with Crippen molar-refractivity contribution in [3.8, 4) is 0 Å². The number of carbonyl (C=O) groups excluding carboxylic acids is 10. The van der Waals surface area contributed by atoms with Gasteiger partial charge in [-0.1, -0.05) is 96.2 Å². The summed E-state index contributed by atoms with van der Waals surface area (Å²) in [5.74, 6) is -7.88. The molecule has 16 heteroatoms. The minimum absolute atomic E-state index is 0.0254. The van der Waals surface area contributed by atoms with Crippen molar-refractivity contribution in [1.82, 2.24) is 0 Å².